The molecule has 132 valence electrons. The highest BCUT2D eigenvalue weighted by Crippen LogP contribution is 2.22. The van der Waals surface area contributed by atoms with Crippen molar-refractivity contribution < 1.29 is 22.7 Å². The lowest BCUT2D eigenvalue weighted by Gasteiger charge is -2.15. The van der Waals surface area contributed by atoms with Crippen LogP contribution in [0.2, 0.25) is 0 Å². The lowest BCUT2D eigenvalue weighted by Crippen LogP contribution is -2.31. The Labute approximate surface area is 150 Å². The molecule has 1 saturated heterocycles. The lowest BCUT2D eigenvalue weighted by atomic mass is 10.1. The van der Waals surface area contributed by atoms with E-state index in [0.717, 1.165) is 10.0 Å². The van der Waals surface area contributed by atoms with Crippen molar-refractivity contribution in [2.24, 2.45) is 5.92 Å². The minimum absolute atomic E-state index is 0.0227. The Morgan fingerprint density at radius 3 is 2.58 bits per heavy atom. The fourth-order valence-corrected chi connectivity index (χ4v) is 4.72. The van der Waals surface area contributed by atoms with E-state index in [0.29, 0.717) is 6.42 Å². The molecule has 0 spiro atoms. The summed E-state index contributed by atoms with van der Waals surface area (Å²) in [6.45, 7) is 1.48. The number of sulfone groups is 1. The number of halogens is 1. The topological polar surface area (TPSA) is 89.5 Å². The molecule has 1 fully saturated rings. The Kier molecular flexibility index (Phi) is 6.40. The predicted molar refractivity (Wildman–Crippen MR) is 93.0 cm³/mol. The number of hydrogen-bond donors (Lipinski definition) is 1. The van der Waals surface area contributed by atoms with E-state index in [1.807, 2.05) is 31.2 Å². The van der Waals surface area contributed by atoms with Crippen LogP contribution in [0.4, 0.5) is 0 Å². The molecule has 6 nitrogen and oxygen atoms in total. The summed E-state index contributed by atoms with van der Waals surface area (Å²) in [7, 11) is -3.01. The van der Waals surface area contributed by atoms with E-state index in [-0.39, 0.29) is 36.5 Å². The van der Waals surface area contributed by atoms with E-state index in [1.165, 1.54) is 0 Å². The third-order valence-corrected chi connectivity index (χ3v) is 6.26. The molecule has 1 amide bonds. The van der Waals surface area contributed by atoms with E-state index in [9.17, 15) is 18.0 Å². The first-order valence-corrected chi connectivity index (χ1v) is 10.3. The van der Waals surface area contributed by atoms with Gasteiger partial charge in [0.15, 0.2) is 16.4 Å². The summed E-state index contributed by atoms with van der Waals surface area (Å²) in [5.74, 6) is -0.987. The van der Waals surface area contributed by atoms with Gasteiger partial charge in [0.1, 0.15) is 0 Å². The number of ether oxygens (including phenoxy) is 1. The van der Waals surface area contributed by atoms with Crippen molar-refractivity contribution in [1.29, 1.82) is 0 Å². The first-order chi connectivity index (χ1) is 11.2. The molecule has 2 rings (SSSR count). The van der Waals surface area contributed by atoms with Crippen LogP contribution < -0.4 is 5.32 Å². The van der Waals surface area contributed by atoms with Crippen LogP contribution in [0.15, 0.2) is 28.7 Å². The van der Waals surface area contributed by atoms with E-state index in [1.54, 1.807) is 0 Å². The van der Waals surface area contributed by atoms with Crippen molar-refractivity contribution in [3.8, 4) is 0 Å². The molecule has 0 bridgehead atoms. The summed E-state index contributed by atoms with van der Waals surface area (Å²) in [6.07, 6.45) is 0.513. The standard InChI is InChI=1S/C16H20BrNO5S/c1-11(13-2-4-14(17)5-3-13)18-15(19)9-23-16(20)8-12-6-7-24(21,22)10-12/h2-5,11-12H,6-10H2,1H3,(H,18,19)/t11-,12-/m0/s1. The molecule has 0 unspecified atom stereocenters. The van der Waals surface area contributed by atoms with Crippen LogP contribution in [0.5, 0.6) is 0 Å². The fraction of sp³-hybridized carbons (Fsp3) is 0.500. The van der Waals surface area contributed by atoms with E-state index >= 15 is 0 Å². The van der Waals surface area contributed by atoms with E-state index < -0.39 is 21.7 Å². The molecule has 2 atom stereocenters. The van der Waals surface area contributed by atoms with Gasteiger partial charge in [0.05, 0.1) is 17.5 Å². The Morgan fingerprint density at radius 1 is 1.33 bits per heavy atom. The Hall–Kier alpha value is -1.41. The van der Waals surface area contributed by atoms with Crippen LogP contribution in [-0.2, 0) is 24.2 Å². The Balaban J connectivity index is 1.72. The van der Waals surface area contributed by atoms with Gasteiger partial charge in [-0.2, -0.15) is 0 Å². The average molecular weight is 418 g/mol. The molecule has 1 aliphatic heterocycles. The molecular weight excluding hydrogens is 398 g/mol. The summed E-state index contributed by atoms with van der Waals surface area (Å²) in [5.41, 5.74) is 0.939. The summed E-state index contributed by atoms with van der Waals surface area (Å²) in [4.78, 5) is 23.6. The van der Waals surface area contributed by atoms with Gasteiger partial charge >= 0.3 is 5.97 Å². The highest BCUT2D eigenvalue weighted by atomic mass is 79.9. The van der Waals surface area contributed by atoms with Crippen LogP contribution in [0.1, 0.15) is 31.4 Å². The second-order valence-corrected chi connectivity index (χ2v) is 9.12. The number of carbonyl (C=O) groups excluding carboxylic acids is 2. The van der Waals surface area contributed by atoms with Gasteiger partial charge in [0, 0.05) is 10.9 Å². The molecule has 0 aromatic heterocycles. The maximum absolute atomic E-state index is 11.8. The predicted octanol–water partition coefficient (Wildman–Crippen LogP) is 1.99. The van der Waals surface area contributed by atoms with Crippen molar-refractivity contribution >= 4 is 37.6 Å². The number of benzene rings is 1. The maximum atomic E-state index is 11.8. The van der Waals surface area contributed by atoms with E-state index in [4.69, 9.17) is 4.74 Å². The lowest BCUT2D eigenvalue weighted by molar-refractivity contribution is -0.149. The quantitative estimate of drug-likeness (QED) is 0.714. The van der Waals surface area contributed by atoms with Gasteiger partial charge in [-0.1, -0.05) is 28.1 Å². The van der Waals surface area contributed by atoms with Crippen LogP contribution in [0, 0.1) is 5.92 Å². The number of hydrogen-bond acceptors (Lipinski definition) is 5. The molecule has 0 aliphatic carbocycles. The minimum atomic E-state index is -3.01. The zero-order valence-electron chi connectivity index (χ0n) is 13.3. The highest BCUT2D eigenvalue weighted by molar-refractivity contribution is 9.10. The van der Waals surface area contributed by atoms with Crippen molar-refractivity contribution in [3.05, 3.63) is 34.3 Å². The van der Waals surface area contributed by atoms with Gasteiger partial charge in [-0.25, -0.2) is 8.42 Å². The molecule has 0 saturated carbocycles. The van der Waals surface area contributed by atoms with Crippen LogP contribution in [0.25, 0.3) is 0 Å². The normalized spacial score (nSPS) is 20.3. The number of nitrogens with one attached hydrogen (secondary N) is 1. The second kappa shape index (κ2) is 8.11. The molecule has 8 heteroatoms. The molecule has 0 radical (unpaired) electrons. The van der Waals surface area contributed by atoms with Crippen molar-refractivity contribution in [3.63, 3.8) is 0 Å². The van der Waals surface area contributed by atoms with Crippen LogP contribution in [-0.4, -0.2) is 38.4 Å². The van der Waals surface area contributed by atoms with Crippen molar-refractivity contribution in [2.75, 3.05) is 18.1 Å². The summed E-state index contributed by atoms with van der Waals surface area (Å²) in [5, 5.41) is 2.75. The maximum Gasteiger partial charge on any atom is 0.306 e. The number of esters is 1. The Bertz CT molecular complexity index is 702. The fourth-order valence-electron chi connectivity index (χ4n) is 2.59. The number of rotatable bonds is 6. The van der Waals surface area contributed by atoms with Crippen molar-refractivity contribution in [2.45, 2.75) is 25.8 Å². The van der Waals surface area contributed by atoms with Crippen molar-refractivity contribution in [1.82, 2.24) is 5.32 Å². The van der Waals surface area contributed by atoms with Gasteiger partial charge in [0.2, 0.25) is 0 Å². The SMILES string of the molecule is C[C@H](NC(=O)COC(=O)C[C@@H]1CCS(=O)(=O)C1)c1ccc(Br)cc1. The second-order valence-electron chi connectivity index (χ2n) is 5.97. The Morgan fingerprint density at radius 2 is 2.00 bits per heavy atom. The highest BCUT2D eigenvalue weighted by Gasteiger charge is 2.30. The van der Waals surface area contributed by atoms with Crippen LogP contribution in [0.3, 0.4) is 0 Å². The van der Waals surface area contributed by atoms with Gasteiger partial charge in [-0.15, -0.1) is 0 Å². The molecule has 1 N–H and O–H groups in total. The van der Waals surface area contributed by atoms with Gasteiger partial charge in [-0.05, 0) is 37.0 Å². The molecular formula is C16H20BrNO5S. The summed E-state index contributed by atoms with van der Waals surface area (Å²) in [6, 6.07) is 7.34. The summed E-state index contributed by atoms with van der Waals surface area (Å²) >= 11 is 3.35. The molecule has 1 aliphatic rings. The van der Waals surface area contributed by atoms with Gasteiger partial charge < -0.3 is 10.1 Å². The molecule has 1 aromatic carbocycles. The number of amides is 1. The third-order valence-electron chi connectivity index (χ3n) is 3.89. The van der Waals surface area contributed by atoms with Gasteiger partial charge in [-0.3, -0.25) is 9.59 Å². The van der Waals surface area contributed by atoms with Gasteiger partial charge in [0.25, 0.3) is 5.91 Å². The first-order valence-electron chi connectivity index (χ1n) is 7.66. The smallest absolute Gasteiger partial charge is 0.306 e. The first kappa shape index (κ1) is 18.9. The zero-order chi connectivity index (χ0) is 17.7. The molecule has 1 aromatic rings. The molecule has 24 heavy (non-hydrogen) atoms. The largest absolute Gasteiger partial charge is 0.456 e. The monoisotopic (exact) mass is 417 g/mol. The summed E-state index contributed by atoms with van der Waals surface area (Å²) < 4.78 is 28.6. The third kappa shape index (κ3) is 5.90. The zero-order valence-corrected chi connectivity index (χ0v) is 15.7. The molecule has 1 heterocycles. The average Bonchev–Trinajstić information content (AvgIpc) is 2.84. The van der Waals surface area contributed by atoms with E-state index in [2.05, 4.69) is 21.2 Å². The van der Waals surface area contributed by atoms with Crippen LogP contribution >= 0.6 is 15.9 Å². The number of carbonyl (C=O) groups is 2. The minimum Gasteiger partial charge on any atom is -0.456 e.